The molecule has 0 unspecified atom stereocenters. The summed E-state index contributed by atoms with van der Waals surface area (Å²) in [5.41, 5.74) is -0.713. The summed E-state index contributed by atoms with van der Waals surface area (Å²) in [5, 5.41) is 0. The first-order valence-electron chi connectivity index (χ1n) is 2.58. The molecule has 0 saturated carbocycles. The molecule has 2 nitrogen and oxygen atoms in total. The molecule has 0 spiro atoms. The van der Waals surface area contributed by atoms with Crippen LogP contribution in [0.5, 0.6) is 0 Å². The molecule has 1 aromatic rings. The van der Waals surface area contributed by atoms with Gasteiger partial charge in [-0.2, -0.15) is 13.2 Å². The van der Waals surface area contributed by atoms with E-state index in [1.54, 1.807) is 0 Å². The molecule has 0 aromatic carbocycles. The second-order valence-electron chi connectivity index (χ2n) is 1.74. The largest absolute Gasteiger partial charge is 1.00 e. The predicted molar refractivity (Wildman–Crippen MR) is 31.2 cm³/mol. The van der Waals surface area contributed by atoms with Crippen LogP contribution in [-0.4, -0.2) is 10.5 Å². The van der Waals surface area contributed by atoms with E-state index in [0.29, 0.717) is 0 Å². The molecule has 0 saturated heterocycles. The Labute approximate surface area is 79.3 Å². The van der Waals surface area contributed by atoms with Crippen LogP contribution in [0.2, 0.25) is 0 Å². The van der Waals surface area contributed by atoms with Crippen molar-refractivity contribution < 1.29 is 37.5 Å². The fourth-order valence-corrected chi connectivity index (χ4v) is 0.530. The molecule has 12 heavy (non-hydrogen) atoms. The SMILES string of the molecule is FC(F)(F)c1cccnc1.[Li+].[OH-]. The third-order valence-corrected chi connectivity index (χ3v) is 0.989. The van der Waals surface area contributed by atoms with E-state index in [-0.39, 0.29) is 24.3 Å². The average molecular weight is 171 g/mol. The Balaban J connectivity index is 0. The number of halogens is 3. The average Bonchev–Trinajstić information content (AvgIpc) is 1.88. The first-order valence-corrected chi connectivity index (χ1v) is 2.58. The summed E-state index contributed by atoms with van der Waals surface area (Å²) >= 11 is 0. The standard InChI is InChI=1S/C6H4F3N.Li.H2O/c7-6(8,9)5-2-1-3-10-4-5;;/h1-4H;;1H2/q;+1;/p-1. The summed E-state index contributed by atoms with van der Waals surface area (Å²) in [5.74, 6) is 0. The minimum absolute atomic E-state index is 0. The molecule has 0 aliphatic heterocycles. The van der Waals surface area contributed by atoms with Crippen LogP contribution in [0, 0.1) is 0 Å². The molecule has 62 valence electrons. The molecule has 0 fully saturated rings. The maximum absolute atomic E-state index is 11.7. The van der Waals surface area contributed by atoms with E-state index < -0.39 is 11.7 Å². The van der Waals surface area contributed by atoms with Gasteiger partial charge in [0.1, 0.15) is 0 Å². The van der Waals surface area contributed by atoms with E-state index in [1.807, 2.05) is 0 Å². The first kappa shape index (κ1) is 14.0. The number of rotatable bonds is 0. The number of alkyl halides is 3. The molecule has 0 radical (unpaired) electrons. The van der Waals surface area contributed by atoms with Gasteiger partial charge in [0.2, 0.25) is 0 Å². The van der Waals surface area contributed by atoms with Crippen molar-refractivity contribution in [2.75, 3.05) is 0 Å². The number of hydrogen-bond donors (Lipinski definition) is 0. The minimum Gasteiger partial charge on any atom is -0.870 e. The Morgan fingerprint density at radius 3 is 2.08 bits per heavy atom. The van der Waals surface area contributed by atoms with Crippen LogP contribution in [0.3, 0.4) is 0 Å². The van der Waals surface area contributed by atoms with Crippen molar-refractivity contribution in [1.29, 1.82) is 0 Å². The Bertz CT molecular complexity index is 214. The molecule has 1 N–H and O–H groups in total. The third kappa shape index (κ3) is 3.76. The topological polar surface area (TPSA) is 42.9 Å². The maximum Gasteiger partial charge on any atom is 1.00 e. The number of pyridine rings is 1. The molecule has 0 atom stereocenters. The van der Waals surface area contributed by atoms with E-state index in [4.69, 9.17) is 0 Å². The van der Waals surface area contributed by atoms with Crippen molar-refractivity contribution in [3.63, 3.8) is 0 Å². The summed E-state index contributed by atoms with van der Waals surface area (Å²) in [6.07, 6.45) is -2.18. The van der Waals surface area contributed by atoms with Crippen LogP contribution in [0.4, 0.5) is 13.2 Å². The Morgan fingerprint density at radius 2 is 1.83 bits per heavy atom. The van der Waals surface area contributed by atoms with Gasteiger partial charge in [0, 0.05) is 12.4 Å². The van der Waals surface area contributed by atoms with Crippen molar-refractivity contribution in [2.24, 2.45) is 0 Å². The summed E-state index contributed by atoms with van der Waals surface area (Å²) in [7, 11) is 0. The summed E-state index contributed by atoms with van der Waals surface area (Å²) in [6, 6.07) is 2.23. The molecule has 0 aliphatic carbocycles. The van der Waals surface area contributed by atoms with Gasteiger partial charge >= 0.3 is 25.0 Å². The number of hydrogen-bond acceptors (Lipinski definition) is 2. The quantitative estimate of drug-likeness (QED) is 0.466. The fraction of sp³-hybridized carbons (Fsp3) is 0.167. The van der Waals surface area contributed by atoms with E-state index in [2.05, 4.69) is 4.98 Å². The van der Waals surface area contributed by atoms with Crippen LogP contribution in [-0.2, 0) is 6.18 Å². The van der Waals surface area contributed by atoms with Crippen molar-refractivity contribution in [3.8, 4) is 0 Å². The van der Waals surface area contributed by atoms with Crippen molar-refractivity contribution in [2.45, 2.75) is 6.18 Å². The zero-order chi connectivity index (χ0) is 7.61. The maximum atomic E-state index is 11.7. The van der Waals surface area contributed by atoms with Gasteiger partial charge in [-0.05, 0) is 12.1 Å². The Morgan fingerprint density at radius 1 is 1.25 bits per heavy atom. The predicted octanol–water partition coefficient (Wildman–Crippen LogP) is -1.07. The van der Waals surface area contributed by atoms with E-state index in [1.165, 1.54) is 12.3 Å². The summed E-state index contributed by atoms with van der Waals surface area (Å²) in [4.78, 5) is 3.33. The van der Waals surface area contributed by atoms with Crippen molar-refractivity contribution in [1.82, 2.24) is 4.98 Å². The molecule has 1 heterocycles. The third-order valence-electron chi connectivity index (χ3n) is 0.989. The van der Waals surface area contributed by atoms with Gasteiger partial charge < -0.3 is 5.48 Å². The Hall–Kier alpha value is -0.503. The van der Waals surface area contributed by atoms with Gasteiger partial charge in [-0.15, -0.1) is 0 Å². The molecule has 0 aliphatic rings. The monoisotopic (exact) mass is 171 g/mol. The first-order chi connectivity index (χ1) is 4.61. The molecule has 6 heteroatoms. The zero-order valence-electron chi connectivity index (χ0n) is 6.34. The van der Waals surface area contributed by atoms with Crippen LogP contribution in [0.15, 0.2) is 24.5 Å². The number of nitrogens with zero attached hydrogens (tertiary/aromatic N) is 1. The summed E-state index contributed by atoms with van der Waals surface area (Å²) in [6.45, 7) is 0. The zero-order valence-corrected chi connectivity index (χ0v) is 6.34. The van der Waals surface area contributed by atoms with Crippen LogP contribution in [0.25, 0.3) is 0 Å². The van der Waals surface area contributed by atoms with E-state index >= 15 is 0 Å². The van der Waals surface area contributed by atoms with Gasteiger partial charge in [-0.1, -0.05) is 0 Å². The van der Waals surface area contributed by atoms with Gasteiger partial charge in [0.25, 0.3) is 0 Å². The second-order valence-corrected chi connectivity index (χ2v) is 1.74. The molecular formula is C6H5F3LiNO. The van der Waals surface area contributed by atoms with Crippen molar-refractivity contribution in [3.05, 3.63) is 30.1 Å². The van der Waals surface area contributed by atoms with Crippen LogP contribution in [0.1, 0.15) is 5.56 Å². The Kier molecular flexibility index (Phi) is 6.08. The molecule has 1 rings (SSSR count). The normalized spacial score (nSPS) is 9.58. The summed E-state index contributed by atoms with van der Waals surface area (Å²) < 4.78 is 35.2. The van der Waals surface area contributed by atoms with Crippen LogP contribution >= 0.6 is 0 Å². The number of aromatic nitrogens is 1. The molecule has 0 amide bonds. The second kappa shape index (κ2) is 5.20. The van der Waals surface area contributed by atoms with Gasteiger partial charge in [0.05, 0.1) is 5.56 Å². The van der Waals surface area contributed by atoms with E-state index in [9.17, 15) is 13.2 Å². The molecular weight excluding hydrogens is 166 g/mol. The van der Waals surface area contributed by atoms with Gasteiger partial charge in [-0.3, -0.25) is 4.98 Å². The molecule has 1 aromatic heterocycles. The van der Waals surface area contributed by atoms with Gasteiger partial charge in [-0.25, -0.2) is 0 Å². The van der Waals surface area contributed by atoms with Gasteiger partial charge in [0.15, 0.2) is 0 Å². The van der Waals surface area contributed by atoms with E-state index in [0.717, 1.165) is 12.3 Å². The minimum atomic E-state index is -4.27. The van der Waals surface area contributed by atoms with Crippen molar-refractivity contribution >= 4 is 0 Å². The molecule has 0 bridgehead atoms. The van der Waals surface area contributed by atoms with Crippen LogP contribution < -0.4 is 18.9 Å². The smallest absolute Gasteiger partial charge is 0.870 e. The fourth-order valence-electron chi connectivity index (χ4n) is 0.530.